The van der Waals surface area contributed by atoms with E-state index in [1.165, 1.54) is 18.2 Å². The summed E-state index contributed by atoms with van der Waals surface area (Å²) < 4.78 is 5.46. The van der Waals surface area contributed by atoms with E-state index in [9.17, 15) is 19.7 Å². The van der Waals surface area contributed by atoms with Crippen molar-refractivity contribution < 1.29 is 19.2 Å². The summed E-state index contributed by atoms with van der Waals surface area (Å²) in [5.41, 5.74) is 0.0776. The zero-order chi connectivity index (χ0) is 19.9. The van der Waals surface area contributed by atoms with Crippen LogP contribution in [0.25, 0.3) is 0 Å². The summed E-state index contributed by atoms with van der Waals surface area (Å²) >= 11 is 0. The number of esters is 1. The second kappa shape index (κ2) is 9.12. The van der Waals surface area contributed by atoms with Gasteiger partial charge in [0.05, 0.1) is 16.1 Å². The quantitative estimate of drug-likeness (QED) is 0.463. The van der Waals surface area contributed by atoms with Gasteiger partial charge in [-0.1, -0.05) is 49.6 Å². The highest BCUT2D eigenvalue weighted by molar-refractivity contribution is 5.93. The molecule has 1 aliphatic carbocycles. The van der Waals surface area contributed by atoms with Crippen LogP contribution in [0, 0.1) is 10.1 Å². The van der Waals surface area contributed by atoms with E-state index in [0.29, 0.717) is 0 Å². The molecule has 28 heavy (non-hydrogen) atoms. The van der Waals surface area contributed by atoms with E-state index in [2.05, 4.69) is 5.32 Å². The molecule has 1 N–H and O–H groups in total. The molecule has 1 amide bonds. The number of nitro benzene ring substituents is 1. The van der Waals surface area contributed by atoms with Crippen LogP contribution in [-0.4, -0.2) is 22.8 Å². The lowest BCUT2D eigenvalue weighted by Gasteiger charge is -2.25. The first-order valence-corrected chi connectivity index (χ1v) is 9.36. The summed E-state index contributed by atoms with van der Waals surface area (Å²) in [6.07, 6.45) is 3.47. The molecular formula is C21H22N2O5. The van der Waals surface area contributed by atoms with Gasteiger partial charge in [-0.15, -0.1) is 0 Å². The number of hydrogen-bond acceptors (Lipinski definition) is 5. The molecule has 0 saturated heterocycles. The van der Waals surface area contributed by atoms with Crippen molar-refractivity contribution in [2.45, 2.75) is 44.2 Å². The molecule has 0 radical (unpaired) electrons. The maximum atomic E-state index is 12.9. The van der Waals surface area contributed by atoms with E-state index < -0.39 is 22.9 Å². The Morgan fingerprint density at radius 3 is 2.32 bits per heavy atom. The molecule has 7 nitrogen and oxygen atoms in total. The second-order valence-electron chi connectivity index (χ2n) is 6.81. The van der Waals surface area contributed by atoms with Crippen LogP contribution >= 0.6 is 0 Å². The van der Waals surface area contributed by atoms with Crippen LogP contribution < -0.4 is 5.32 Å². The molecule has 0 bridgehead atoms. The first-order valence-electron chi connectivity index (χ1n) is 9.36. The van der Waals surface area contributed by atoms with E-state index in [0.717, 1.165) is 32.1 Å². The average molecular weight is 382 g/mol. The minimum absolute atomic E-state index is 0.0121. The number of rotatable bonds is 6. The molecule has 146 valence electrons. The molecular weight excluding hydrogens is 360 g/mol. The van der Waals surface area contributed by atoms with Crippen molar-refractivity contribution in [3.63, 3.8) is 0 Å². The monoisotopic (exact) mass is 382 g/mol. The maximum Gasteiger partial charge on any atom is 0.339 e. The number of hydrogen-bond donors (Lipinski definition) is 1. The molecule has 1 saturated carbocycles. The molecule has 0 aromatic heterocycles. The summed E-state index contributed by atoms with van der Waals surface area (Å²) in [6.45, 7) is 0. The Morgan fingerprint density at radius 1 is 1.00 bits per heavy atom. The van der Waals surface area contributed by atoms with Crippen LogP contribution in [0.2, 0.25) is 0 Å². The van der Waals surface area contributed by atoms with E-state index in [1.54, 1.807) is 36.4 Å². The number of carbonyl (C=O) groups excluding carboxylic acids is 2. The van der Waals surface area contributed by atoms with Crippen molar-refractivity contribution in [2.75, 3.05) is 0 Å². The van der Waals surface area contributed by atoms with Crippen LogP contribution in [0.1, 0.15) is 54.1 Å². The van der Waals surface area contributed by atoms with Crippen LogP contribution in [-0.2, 0) is 9.53 Å². The van der Waals surface area contributed by atoms with Gasteiger partial charge in [0.1, 0.15) is 0 Å². The number of nitrogens with one attached hydrogen (secondary N) is 1. The highest BCUT2D eigenvalue weighted by Gasteiger charge is 2.33. The highest BCUT2D eigenvalue weighted by atomic mass is 16.6. The third-order valence-corrected chi connectivity index (χ3v) is 4.84. The summed E-state index contributed by atoms with van der Waals surface area (Å²) in [5, 5.41) is 14.3. The van der Waals surface area contributed by atoms with Gasteiger partial charge in [0.25, 0.3) is 11.6 Å². The Labute approximate surface area is 162 Å². The normalized spacial score (nSPS) is 15.4. The fourth-order valence-electron chi connectivity index (χ4n) is 3.41. The van der Waals surface area contributed by atoms with Gasteiger partial charge in [0, 0.05) is 12.1 Å². The zero-order valence-electron chi connectivity index (χ0n) is 15.4. The van der Waals surface area contributed by atoms with Crippen molar-refractivity contribution in [3.8, 4) is 0 Å². The molecule has 1 atom stereocenters. The molecule has 2 aromatic rings. The van der Waals surface area contributed by atoms with E-state index in [-0.39, 0.29) is 22.9 Å². The number of ether oxygens (including phenoxy) is 1. The molecule has 7 heteroatoms. The third-order valence-electron chi connectivity index (χ3n) is 4.84. The van der Waals surface area contributed by atoms with Gasteiger partial charge >= 0.3 is 5.97 Å². The lowest BCUT2D eigenvalue weighted by atomic mass is 9.95. The largest absolute Gasteiger partial charge is 0.443 e. The fraction of sp³-hybridized carbons (Fsp3) is 0.333. The Balaban J connectivity index is 1.88. The van der Waals surface area contributed by atoms with Crippen molar-refractivity contribution >= 4 is 17.6 Å². The van der Waals surface area contributed by atoms with Crippen LogP contribution in [0.3, 0.4) is 0 Å². The molecule has 1 unspecified atom stereocenters. The van der Waals surface area contributed by atoms with E-state index in [4.69, 9.17) is 4.74 Å². The smallest absolute Gasteiger partial charge is 0.339 e. The van der Waals surface area contributed by atoms with Gasteiger partial charge in [-0.25, -0.2) is 4.79 Å². The average Bonchev–Trinajstić information content (AvgIpc) is 2.73. The van der Waals surface area contributed by atoms with Crippen molar-refractivity contribution in [2.24, 2.45) is 0 Å². The number of amides is 1. The molecule has 3 rings (SSSR count). The van der Waals surface area contributed by atoms with Crippen LogP contribution in [0.5, 0.6) is 0 Å². The van der Waals surface area contributed by atoms with E-state index in [1.807, 2.05) is 0 Å². The molecule has 1 aliphatic rings. The fourth-order valence-corrected chi connectivity index (χ4v) is 3.41. The Hall–Kier alpha value is -3.22. The number of benzene rings is 2. The Morgan fingerprint density at radius 2 is 1.64 bits per heavy atom. The summed E-state index contributed by atoms with van der Waals surface area (Å²) in [6, 6.07) is 14.1. The maximum absolute atomic E-state index is 12.9. The van der Waals surface area contributed by atoms with Gasteiger partial charge in [0.15, 0.2) is 0 Å². The molecule has 1 fully saturated rings. The molecule has 2 aromatic carbocycles. The standard InChI is InChI=1S/C21H22N2O5/c24-20(22-16-11-5-2-6-12-16)19(17-13-7-8-14-18(17)23(26)27)28-21(25)15-9-3-1-4-10-15/h1,3-4,7-10,13-14,16,19H,2,5-6,11-12H2,(H,22,24). The summed E-state index contributed by atoms with van der Waals surface area (Å²) in [5.74, 6) is -1.24. The Bertz CT molecular complexity index is 847. The SMILES string of the molecule is O=C(OC(C(=O)NC1CCCCC1)c1ccccc1[N+](=O)[O-])c1ccccc1. The van der Waals surface area contributed by atoms with Crippen molar-refractivity contribution in [3.05, 3.63) is 75.8 Å². The second-order valence-corrected chi connectivity index (χ2v) is 6.81. The van der Waals surface area contributed by atoms with Gasteiger partial charge in [-0.2, -0.15) is 0 Å². The van der Waals surface area contributed by atoms with Gasteiger partial charge in [0.2, 0.25) is 6.10 Å². The van der Waals surface area contributed by atoms with Crippen molar-refractivity contribution in [1.29, 1.82) is 0 Å². The number of nitrogens with zero attached hydrogens (tertiary/aromatic N) is 1. The first-order chi connectivity index (χ1) is 13.6. The summed E-state index contributed by atoms with van der Waals surface area (Å²) in [7, 11) is 0. The van der Waals surface area contributed by atoms with Crippen LogP contribution in [0.15, 0.2) is 54.6 Å². The number of para-hydroxylation sites is 1. The first kappa shape index (κ1) is 19.5. The van der Waals surface area contributed by atoms with Crippen molar-refractivity contribution in [1.82, 2.24) is 5.32 Å². The predicted molar refractivity (Wildman–Crippen MR) is 103 cm³/mol. The summed E-state index contributed by atoms with van der Waals surface area (Å²) in [4.78, 5) is 36.3. The minimum Gasteiger partial charge on any atom is -0.443 e. The lowest BCUT2D eigenvalue weighted by molar-refractivity contribution is -0.386. The van der Waals surface area contributed by atoms with Gasteiger partial charge in [-0.05, 0) is 31.0 Å². The molecule has 0 heterocycles. The highest BCUT2D eigenvalue weighted by Crippen LogP contribution is 2.29. The number of carbonyl (C=O) groups is 2. The number of nitro groups is 1. The zero-order valence-corrected chi connectivity index (χ0v) is 15.4. The minimum atomic E-state index is -1.39. The van der Waals surface area contributed by atoms with Crippen LogP contribution in [0.4, 0.5) is 5.69 Å². The molecule has 0 aliphatic heterocycles. The Kier molecular flexibility index (Phi) is 6.37. The topological polar surface area (TPSA) is 98.5 Å². The predicted octanol–water partition coefficient (Wildman–Crippen LogP) is 3.94. The third kappa shape index (κ3) is 4.73. The van der Waals surface area contributed by atoms with E-state index >= 15 is 0 Å². The van der Waals surface area contributed by atoms with Gasteiger partial charge < -0.3 is 10.1 Å². The molecule has 0 spiro atoms. The van der Waals surface area contributed by atoms with Gasteiger partial charge in [-0.3, -0.25) is 14.9 Å². The lowest BCUT2D eigenvalue weighted by Crippen LogP contribution is -2.40.